The largest absolute Gasteiger partial charge is 0.509 e. The van der Waals surface area contributed by atoms with E-state index in [2.05, 4.69) is 0 Å². The van der Waals surface area contributed by atoms with Crippen LogP contribution in [0.25, 0.3) is 0 Å². The van der Waals surface area contributed by atoms with Gasteiger partial charge in [0.25, 0.3) is 0 Å². The third-order valence-corrected chi connectivity index (χ3v) is 9.03. The number of aliphatic hydroxyl groups excluding tert-OH is 3. The number of carbonyl (C=O) groups excluding carboxylic acids is 2. The Morgan fingerprint density at radius 1 is 0.925 bits per heavy atom. The van der Waals surface area contributed by atoms with Crippen LogP contribution in [0.15, 0.2) is 91.3 Å². The summed E-state index contributed by atoms with van der Waals surface area (Å²) in [5.41, 5.74) is 0.780. The van der Waals surface area contributed by atoms with Crippen LogP contribution in [0.5, 0.6) is 0 Å². The third kappa shape index (κ3) is 2.95. The SMILES string of the molecule is COC1=CC(O)=C2C3=C(O)C(OC)CC4=C3C3=C(C(OC)=C(O)C(=O)C5=CC(OC)=C1C2C53)C(C(C)=O)C4(C)O. The number of hydrogen-bond donors (Lipinski definition) is 4. The lowest BCUT2D eigenvalue weighted by molar-refractivity contribution is -0.125. The lowest BCUT2D eigenvalue weighted by Crippen LogP contribution is -2.51. The zero-order valence-electron chi connectivity index (χ0n) is 22.9. The minimum atomic E-state index is -1.82. The fourth-order valence-corrected chi connectivity index (χ4v) is 7.53. The number of aliphatic hydroxyl groups is 4. The van der Waals surface area contributed by atoms with Gasteiger partial charge in [-0.1, -0.05) is 0 Å². The molecule has 0 radical (unpaired) electrons. The van der Waals surface area contributed by atoms with E-state index in [1.54, 1.807) is 0 Å². The number of hydrogen-bond acceptors (Lipinski definition) is 10. The number of fused-ring (bicyclic) bond motifs is 1. The summed E-state index contributed by atoms with van der Waals surface area (Å²) in [6.07, 6.45) is 2.11. The van der Waals surface area contributed by atoms with Gasteiger partial charge in [-0.15, -0.1) is 0 Å². The van der Waals surface area contributed by atoms with Gasteiger partial charge in [-0.05, 0) is 36.6 Å². The van der Waals surface area contributed by atoms with Crippen molar-refractivity contribution in [2.45, 2.75) is 32.0 Å². The maximum absolute atomic E-state index is 13.9. The van der Waals surface area contributed by atoms with Crippen LogP contribution in [-0.2, 0) is 28.5 Å². The van der Waals surface area contributed by atoms with E-state index in [1.165, 1.54) is 54.4 Å². The van der Waals surface area contributed by atoms with Crippen molar-refractivity contribution in [1.29, 1.82) is 0 Å². The summed E-state index contributed by atoms with van der Waals surface area (Å²) in [5.74, 6) is -4.81. The first-order valence-corrected chi connectivity index (χ1v) is 12.8. The molecule has 0 spiro atoms. The molecule has 5 atom stereocenters. The summed E-state index contributed by atoms with van der Waals surface area (Å²) in [4.78, 5) is 27.2. The van der Waals surface area contributed by atoms with Gasteiger partial charge in [0.1, 0.15) is 34.9 Å². The van der Waals surface area contributed by atoms with E-state index in [-0.39, 0.29) is 46.2 Å². The van der Waals surface area contributed by atoms with Crippen LogP contribution in [-0.4, -0.2) is 72.1 Å². The summed E-state index contributed by atoms with van der Waals surface area (Å²) >= 11 is 0. The van der Waals surface area contributed by atoms with Gasteiger partial charge in [0, 0.05) is 59.3 Å². The number of methoxy groups -OCH3 is 4. The van der Waals surface area contributed by atoms with Crippen LogP contribution in [0.3, 0.4) is 0 Å². The summed E-state index contributed by atoms with van der Waals surface area (Å²) < 4.78 is 22.5. The highest BCUT2D eigenvalue weighted by molar-refractivity contribution is 6.10. The molecule has 0 aromatic heterocycles. The predicted octanol–water partition coefficient (Wildman–Crippen LogP) is 3.22. The molecule has 40 heavy (non-hydrogen) atoms. The molecule has 0 heterocycles. The number of ether oxygens (including phenoxy) is 4. The van der Waals surface area contributed by atoms with Crippen molar-refractivity contribution in [3.63, 3.8) is 0 Å². The normalized spacial score (nSPS) is 32.6. The van der Waals surface area contributed by atoms with Crippen molar-refractivity contribution < 1.29 is 49.0 Å². The Balaban J connectivity index is 1.88. The molecule has 5 unspecified atom stereocenters. The van der Waals surface area contributed by atoms with Crippen molar-refractivity contribution in [2.75, 3.05) is 28.4 Å². The van der Waals surface area contributed by atoms with E-state index in [1.807, 2.05) is 0 Å². The van der Waals surface area contributed by atoms with E-state index in [0.717, 1.165) is 0 Å². The smallest absolute Gasteiger partial charge is 0.228 e. The molecule has 10 nitrogen and oxygen atoms in total. The van der Waals surface area contributed by atoms with Crippen molar-refractivity contribution in [2.24, 2.45) is 17.8 Å². The Kier molecular flexibility index (Phi) is 5.56. The fourth-order valence-electron chi connectivity index (χ4n) is 7.53. The predicted molar refractivity (Wildman–Crippen MR) is 139 cm³/mol. The standard InChI is InChI=1S/C30H30O10/c1-10(31)25-24-21-17-11(26(33)28(35)29(24)40-6)7-14(37-3)20-15(38-4)9-13(32)19(22(17)20)23-18(21)12(30(25,2)36)8-16(39-5)27(23)34/h7,9,16-17,22,25,32,34-36H,8H2,1-6H3. The minimum absolute atomic E-state index is 0.0519. The highest BCUT2D eigenvalue weighted by Crippen LogP contribution is 2.65. The summed E-state index contributed by atoms with van der Waals surface area (Å²) in [7, 11) is 5.57. The monoisotopic (exact) mass is 550 g/mol. The molecule has 6 aliphatic carbocycles. The number of allylic oxidation sites excluding steroid dienone is 9. The maximum atomic E-state index is 13.9. The Labute approximate surface area is 230 Å². The van der Waals surface area contributed by atoms with Crippen molar-refractivity contribution in [3.05, 3.63) is 91.3 Å². The Bertz CT molecular complexity index is 1570. The van der Waals surface area contributed by atoms with E-state index in [0.29, 0.717) is 33.6 Å². The summed E-state index contributed by atoms with van der Waals surface area (Å²) in [5, 5.41) is 46.5. The van der Waals surface area contributed by atoms with Crippen molar-refractivity contribution in [1.82, 2.24) is 0 Å². The lowest BCUT2D eigenvalue weighted by Gasteiger charge is -2.52. The van der Waals surface area contributed by atoms with Crippen LogP contribution in [0.4, 0.5) is 0 Å². The summed E-state index contributed by atoms with van der Waals surface area (Å²) in [6, 6.07) is 0. The molecule has 6 rings (SSSR count). The molecule has 210 valence electrons. The second-order valence-electron chi connectivity index (χ2n) is 10.8. The van der Waals surface area contributed by atoms with Crippen LogP contribution in [0.2, 0.25) is 0 Å². The van der Waals surface area contributed by atoms with Crippen LogP contribution in [0, 0.1) is 17.8 Å². The van der Waals surface area contributed by atoms with Crippen LogP contribution in [0.1, 0.15) is 20.3 Å². The molecule has 0 saturated heterocycles. The van der Waals surface area contributed by atoms with Gasteiger partial charge in [-0.3, -0.25) is 9.59 Å². The highest BCUT2D eigenvalue weighted by atomic mass is 16.5. The van der Waals surface area contributed by atoms with Gasteiger partial charge in [-0.2, -0.15) is 0 Å². The van der Waals surface area contributed by atoms with Gasteiger partial charge in [0.15, 0.2) is 5.76 Å². The molecule has 1 saturated carbocycles. The fraction of sp³-hybridized carbons (Fsp3) is 0.400. The molecule has 10 heteroatoms. The quantitative estimate of drug-likeness (QED) is 0.401. The maximum Gasteiger partial charge on any atom is 0.228 e. The van der Waals surface area contributed by atoms with Crippen LogP contribution < -0.4 is 0 Å². The average Bonchev–Trinajstić information content (AvgIpc) is 3.00. The second-order valence-corrected chi connectivity index (χ2v) is 10.8. The topological polar surface area (TPSA) is 152 Å². The van der Waals surface area contributed by atoms with E-state index < -0.39 is 46.8 Å². The average molecular weight is 551 g/mol. The lowest BCUT2D eigenvalue weighted by atomic mass is 9.52. The number of Topliss-reactive ketones (excluding diaryl/α,β-unsaturated/α-hetero) is 2. The first-order valence-electron chi connectivity index (χ1n) is 12.8. The van der Waals surface area contributed by atoms with Gasteiger partial charge in [0.05, 0.1) is 32.8 Å². The van der Waals surface area contributed by atoms with Gasteiger partial charge in [-0.25, -0.2) is 0 Å². The molecule has 0 aliphatic heterocycles. The molecule has 0 aromatic rings. The molecule has 0 amide bonds. The first kappa shape index (κ1) is 26.2. The third-order valence-electron chi connectivity index (χ3n) is 9.03. The molecular weight excluding hydrogens is 520 g/mol. The molecular formula is C30H30O10. The Hall–Kier alpha value is -4.02. The molecule has 6 aliphatic rings. The minimum Gasteiger partial charge on any atom is -0.509 e. The van der Waals surface area contributed by atoms with Gasteiger partial charge >= 0.3 is 0 Å². The zero-order valence-corrected chi connectivity index (χ0v) is 22.9. The Morgan fingerprint density at radius 3 is 2.20 bits per heavy atom. The van der Waals surface area contributed by atoms with Gasteiger partial charge in [0.2, 0.25) is 11.5 Å². The van der Waals surface area contributed by atoms with Gasteiger partial charge < -0.3 is 39.4 Å². The molecule has 0 bridgehead atoms. The highest BCUT2D eigenvalue weighted by Gasteiger charge is 2.61. The van der Waals surface area contributed by atoms with Crippen molar-refractivity contribution in [3.8, 4) is 0 Å². The van der Waals surface area contributed by atoms with E-state index in [4.69, 9.17) is 18.9 Å². The Morgan fingerprint density at radius 2 is 1.62 bits per heavy atom. The zero-order chi connectivity index (χ0) is 29.0. The second kappa shape index (κ2) is 8.49. The van der Waals surface area contributed by atoms with Crippen LogP contribution >= 0.6 is 0 Å². The molecule has 0 aromatic carbocycles. The summed E-state index contributed by atoms with van der Waals surface area (Å²) in [6.45, 7) is 2.82. The molecule has 4 N–H and O–H groups in total. The van der Waals surface area contributed by atoms with E-state index >= 15 is 0 Å². The van der Waals surface area contributed by atoms with E-state index in [9.17, 15) is 30.0 Å². The number of rotatable bonds is 5. The van der Waals surface area contributed by atoms with Crippen molar-refractivity contribution >= 4 is 11.6 Å². The number of ketones is 2. The molecule has 1 fully saturated rings. The number of carbonyl (C=O) groups is 2. The first-order chi connectivity index (χ1) is 19.0.